The zero-order valence-corrected chi connectivity index (χ0v) is 29.8. The van der Waals surface area contributed by atoms with Crippen molar-refractivity contribution in [2.75, 3.05) is 5.32 Å². The number of nitrogens with one attached hydrogen (secondary N) is 1. The first kappa shape index (κ1) is 33.3. The summed E-state index contributed by atoms with van der Waals surface area (Å²) in [7, 11) is 0. The van der Waals surface area contributed by atoms with Gasteiger partial charge in [0.1, 0.15) is 12.2 Å². The van der Waals surface area contributed by atoms with Crippen molar-refractivity contribution in [3.8, 4) is 0 Å². The molecule has 1 aromatic rings. The van der Waals surface area contributed by atoms with Gasteiger partial charge in [0.05, 0.1) is 5.41 Å². The zero-order valence-electron chi connectivity index (χ0n) is 29.8. The standard InChI is InChI=1S/C40H57NO5/c1-25(42)45-30-24-37(7)31(36(5,6)33(30)46-26(2)43)17-18-39(9)32(37)16-15-28-29-23-35(3,4)19-21-40(29,22-20-38(28,39)8)34(44)41-27-13-11-10-12-14-27/h10-15,29-33H,16-24H2,1-9H3,(H,41,44)/t29-,30-,31-,32+,33-,37-,38+,39+,40-/m0/s1. The van der Waals surface area contributed by atoms with Crippen LogP contribution < -0.4 is 5.32 Å². The first-order valence-electron chi connectivity index (χ1n) is 17.8. The summed E-state index contributed by atoms with van der Waals surface area (Å²) in [6.45, 7) is 19.6. The van der Waals surface area contributed by atoms with E-state index in [9.17, 15) is 14.4 Å². The van der Waals surface area contributed by atoms with E-state index in [2.05, 4.69) is 59.9 Å². The van der Waals surface area contributed by atoms with E-state index in [1.54, 1.807) is 0 Å². The summed E-state index contributed by atoms with van der Waals surface area (Å²) < 4.78 is 12.0. The first-order chi connectivity index (χ1) is 21.4. The van der Waals surface area contributed by atoms with Crippen molar-refractivity contribution in [2.45, 2.75) is 132 Å². The van der Waals surface area contributed by atoms with Gasteiger partial charge in [0.15, 0.2) is 0 Å². The number of carbonyl (C=O) groups is 3. The Balaban J connectivity index is 1.40. The highest BCUT2D eigenvalue weighted by Crippen LogP contribution is 2.76. The molecule has 0 saturated heterocycles. The highest BCUT2D eigenvalue weighted by atomic mass is 16.6. The Labute approximate surface area is 276 Å². The van der Waals surface area contributed by atoms with Gasteiger partial charge in [-0.3, -0.25) is 14.4 Å². The molecule has 0 radical (unpaired) electrons. The third-order valence-corrected chi connectivity index (χ3v) is 14.6. The lowest BCUT2D eigenvalue weighted by Crippen LogP contribution is -2.67. The maximum atomic E-state index is 14.4. The highest BCUT2D eigenvalue weighted by molar-refractivity contribution is 5.96. The summed E-state index contributed by atoms with van der Waals surface area (Å²) in [5, 5.41) is 3.35. The lowest BCUT2D eigenvalue weighted by molar-refractivity contribution is -0.243. The van der Waals surface area contributed by atoms with Gasteiger partial charge < -0.3 is 14.8 Å². The smallest absolute Gasteiger partial charge is 0.303 e. The van der Waals surface area contributed by atoms with E-state index in [1.807, 2.05) is 30.3 Å². The number of anilines is 1. The largest absolute Gasteiger partial charge is 0.459 e. The van der Waals surface area contributed by atoms with E-state index in [0.717, 1.165) is 57.1 Å². The Hall–Kier alpha value is -2.63. The molecular formula is C40H57NO5. The summed E-state index contributed by atoms with van der Waals surface area (Å²) >= 11 is 0. The Morgan fingerprint density at radius 2 is 1.43 bits per heavy atom. The number of fused-ring (bicyclic) bond motifs is 7. The molecule has 0 heterocycles. The molecule has 46 heavy (non-hydrogen) atoms. The van der Waals surface area contributed by atoms with Crippen LogP contribution in [0.5, 0.6) is 0 Å². The number of benzene rings is 1. The van der Waals surface area contributed by atoms with Gasteiger partial charge in [0, 0.05) is 24.9 Å². The van der Waals surface area contributed by atoms with Gasteiger partial charge in [0.25, 0.3) is 0 Å². The minimum absolute atomic E-state index is 0.0249. The Kier molecular flexibility index (Phi) is 7.92. The lowest BCUT2D eigenvalue weighted by Gasteiger charge is -2.71. The van der Waals surface area contributed by atoms with Crippen LogP contribution in [-0.4, -0.2) is 30.1 Å². The van der Waals surface area contributed by atoms with E-state index in [1.165, 1.54) is 19.4 Å². The highest BCUT2D eigenvalue weighted by Gasteiger charge is 2.70. The molecule has 9 atom stereocenters. The molecule has 6 rings (SSSR count). The Bertz CT molecular complexity index is 1430. The number of hydrogen-bond acceptors (Lipinski definition) is 5. The number of para-hydroxylation sites is 1. The minimum Gasteiger partial charge on any atom is -0.459 e. The summed E-state index contributed by atoms with van der Waals surface area (Å²) in [6.07, 6.45) is 10.3. The number of esters is 2. The second kappa shape index (κ2) is 11.0. The van der Waals surface area contributed by atoms with Crippen LogP contribution in [0.25, 0.3) is 0 Å². The number of rotatable bonds is 4. The lowest BCUT2D eigenvalue weighted by atomic mass is 9.33. The Morgan fingerprint density at radius 3 is 2.09 bits per heavy atom. The molecule has 6 nitrogen and oxygen atoms in total. The van der Waals surface area contributed by atoms with Crippen LogP contribution in [0, 0.1) is 50.2 Å². The van der Waals surface area contributed by atoms with Crippen molar-refractivity contribution in [1.82, 2.24) is 0 Å². The van der Waals surface area contributed by atoms with Gasteiger partial charge in [-0.2, -0.15) is 0 Å². The van der Waals surface area contributed by atoms with E-state index in [-0.39, 0.29) is 50.8 Å². The van der Waals surface area contributed by atoms with E-state index in [4.69, 9.17) is 9.47 Å². The topological polar surface area (TPSA) is 81.7 Å². The zero-order chi connectivity index (χ0) is 33.5. The molecule has 1 amide bonds. The molecule has 0 aliphatic heterocycles. The van der Waals surface area contributed by atoms with Gasteiger partial charge in [0.2, 0.25) is 5.91 Å². The SMILES string of the molecule is CC(=O)O[C@H]1C[C@]2(C)[C@H]3CC=C4[C@@H]5CC(C)(C)CC[C@]5(C(=O)Nc5ccccc5)CC[C@@]4(C)[C@]3(C)CC[C@H]2C(C)(C)[C@H]1OC(C)=O. The molecule has 0 spiro atoms. The molecule has 0 unspecified atom stereocenters. The number of ether oxygens (including phenoxy) is 2. The average molecular weight is 632 g/mol. The molecule has 0 bridgehead atoms. The quantitative estimate of drug-likeness (QED) is 0.265. The molecule has 4 saturated carbocycles. The fourth-order valence-corrected chi connectivity index (χ4v) is 12.2. The molecule has 0 aromatic heterocycles. The fourth-order valence-electron chi connectivity index (χ4n) is 12.2. The van der Waals surface area contributed by atoms with Gasteiger partial charge in [-0.05, 0) is 109 Å². The number of carbonyl (C=O) groups excluding carboxylic acids is 3. The van der Waals surface area contributed by atoms with Gasteiger partial charge in [-0.15, -0.1) is 0 Å². The molecular weight excluding hydrogens is 574 g/mol. The molecule has 1 aromatic carbocycles. The van der Waals surface area contributed by atoms with Crippen molar-refractivity contribution in [2.24, 2.45) is 50.2 Å². The van der Waals surface area contributed by atoms with E-state index >= 15 is 0 Å². The van der Waals surface area contributed by atoms with Crippen molar-refractivity contribution in [3.05, 3.63) is 42.0 Å². The number of hydrogen-bond donors (Lipinski definition) is 1. The maximum Gasteiger partial charge on any atom is 0.303 e. The van der Waals surface area contributed by atoms with Gasteiger partial charge in [-0.1, -0.05) is 78.3 Å². The van der Waals surface area contributed by atoms with Crippen LogP contribution in [0.15, 0.2) is 42.0 Å². The minimum atomic E-state index is -0.474. The van der Waals surface area contributed by atoms with Crippen LogP contribution in [0.4, 0.5) is 5.69 Å². The second-order valence-electron chi connectivity index (χ2n) is 17.9. The maximum absolute atomic E-state index is 14.4. The van der Waals surface area contributed by atoms with Crippen molar-refractivity contribution in [1.29, 1.82) is 0 Å². The van der Waals surface area contributed by atoms with Gasteiger partial charge in [-0.25, -0.2) is 0 Å². The number of amides is 1. The predicted molar refractivity (Wildman–Crippen MR) is 181 cm³/mol. The predicted octanol–water partition coefficient (Wildman–Crippen LogP) is 8.90. The van der Waals surface area contributed by atoms with Crippen LogP contribution in [0.3, 0.4) is 0 Å². The summed E-state index contributed by atoms with van der Waals surface area (Å²) in [6, 6.07) is 9.95. The van der Waals surface area contributed by atoms with Crippen LogP contribution in [0.1, 0.15) is 120 Å². The third-order valence-electron chi connectivity index (χ3n) is 14.6. The van der Waals surface area contributed by atoms with Crippen LogP contribution >= 0.6 is 0 Å². The van der Waals surface area contributed by atoms with Crippen LogP contribution in [-0.2, 0) is 23.9 Å². The second-order valence-corrected chi connectivity index (χ2v) is 17.9. The first-order valence-corrected chi connectivity index (χ1v) is 17.8. The van der Waals surface area contributed by atoms with E-state index < -0.39 is 17.6 Å². The normalized spacial score (nSPS) is 42.1. The van der Waals surface area contributed by atoms with E-state index in [0.29, 0.717) is 18.3 Å². The van der Waals surface area contributed by atoms with Crippen molar-refractivity contribution < 1.29 is 23.9 Å². The summed E-state index contributed by atoms with van der Waals surface area (Å²) in [5.74, 6) is 0.459. The van der Waals surface area contributed by atoms with Gasteiger partial charge >= 0.3 is 11.9 Å². The Morgan fingerprint density at radius 1 is 0.783 bits per heavy atom. The third kappa shape index (κ3) is 4.89. The monoisotopic (exact) mass is 631 g/mol. The molecule has 6 heteroatoms. The van der Waals surface area contributed by atoms with Crippen molar-refractivity contribution in [3.63, 3.8) is 0 Å². The van der Waals surface area contributed by atoms with Crippen LogP contribution in [0.2, 0.25) is 0 Å². The molecule has 1 N–H and O–H groups in total. The molecule has 4 fully saturated rings. The molecule has 252 valence electrons. The summed E-state index contributed by atoms with van der Waals surface area (Å²) in [5.41, 5.74) is 1.72. The number of allylic oxidation sites excluding steroid dienone is 2. The molecule has 5 aliphatic carbocycles. The summed E-state index contributed by atoms with van der Waals surface area (Å²) in [4.78, 5) is 39.1. The van der Waals surface area contributed by atoms with Crippen molar-refractivity contribution >= 4 is 23.5 Å². The fraction of sp³-hybridized carbons (Fsp3) is 0.725. The molecule has 5 aliphatic rings. The average Bonchev–Trinajstić information content (AvgIpc) is 2.95.